The van der Waals surface area contributed by atoms with Gasteiger partial charge in [-0.05, 0) is 48.4 Å². The van der Waals surface area contributed by atoms with E-state index < -0.39 is 0 Å². The number of thiophene rings is 1. The number of hydrogen-bond acceptors (Lipinski definition) is 4. The van der Waals surface area contributed by atoms with Crippen molar-refractivity contribution in [1.82, 2.24) is 15.8 Å². The number of carbonyl (C=O) groups excluding carboxylic acids is 1. The van der Waals surface area contributed by atoms with Crippen LogP contribution in [0.3, 0.4) is 0 Å². The summed E-state index contributed by atoms with van der Waals surface area (Å²) in [6.07, 6.45) is 3.94. The third-order valence-electron chi connectivity index (χ3n) is 5.41. The van der Waals surface area contributed by atoms with Gasteiger partial charge >= 0.3 is 0 Å². The van der Waals surface area contributed by atoms with E-state index in [4.69, 9.17) is 0 Å². The molecule has 3 unspecified atom stereocenters. The van der Waals surface area contributed by atoms with Crippen molar-refractivity contribution in [1.29, 1.82) is 0 Å². The number of likely N-dealkylation sites (tertiary alicyclic amines) is 1. The summed E-state index contributed by atoms with van der Waals surface area (Å²) in [6.45, 7) is 1.52. The number of benzene rings is 1. The number of nitrogens with one attached hydrogen (secondary N) is 2. The highest BCUT2D eigenvalue weighted by atomic mass is 32.1. The van der Waals surface area contributed by atoms with Crippen LogP contribution in [0, 0.1) is 5.82 Å². The summed E-state index contributed by atoms with van der Waals surface area (Å²) in [5.74, 6) is 0.242. The topological polar surface area (TPSA) is 44.4 Å². The molecule has 2 aliphatic rings. The van der Waals surface area contributed by atoms with E-state index >= 15 is 0 Å². The highest BCUT2D eigenvalue weighted by molar-refractivity contribution is 7.10. The predicted octanol–water partition coefficient (Wildman–Crippen LogP) is 3.59. The van der Waals surface area contributed by atoms with E-state index in [1.165, 1.54) is 17.0 Å². The van der Waals surface area contributed by atoms with Gasteiger partial charge in [0.2, 0.25) is 5.91 Å². The van der Waals surface area contributed by atoms with Crippen molar-refractivity contribution < 1.29 is 9.18 Å². The zero-order valence-electron chi connectivity index (χ0n) is 14.7. The van der Waals surface area contributed by atoms with Gasteiger partial charge in [0.05, 0.1) is 6.04 Å². The summed E-state index contributed by atoms with van der Waals surface area (Å²) < 4.78 is 13.2. The third kappa shape index (κ3) is 3.82. The van der Waals surface area contributed by atoms with E-state index in [1.54, 1.807) is 11.3 Å². The molecule has 0 aliphatic carbocycles. The molecule has 6 heteroatoms. The van der Waals surface area contributed by atoms with Crippen molar-refractivity contribution in [2.45, 2.75) is 43.7 Å². The van der Waals surface area contributed by atoms with E-state index in [1.807, 2.05) is 23.1 Å². The fraction of sp³-hybridized carbons (Fsp3) is 0.450. The molecule has 2 fully saturated rings. The number of hydrazine groups is 1. The monoisotopic (exact) mass is 373 g/mol. The van der Waals surface area contributed by atoms with E-state index in [-0.39, 0.29) is 29.7 Å². The van der Waals surface area contributed by atoms with Gasteiger partial charge in [-0.25, -0.2) is 15.2 Å². The van der Waals surface area contributed by atoms with Crippen LogP contribution in [0.5, 0.6) is 0 Å². The molecule has 0 bridgehead atoms. The Kier molecular flexibility index (Phi) is 5.33. The molecule has 2 aromatic rings. The number of rotatable bonds is 3. The van der Waals surface area contributed by atoms with Gasteiger partial charge in [0.15, 0.2) is 0 Å². The average molecular weight is 373 g/mol. The van der Waals surface area contributed by atoms with Crippen molar-refractivity contribution >= 4 is 17.2 Å². The molecule has 0 saturated carbocycles. The quantitative estimate of drug-likeness (QED) is 0.864. The number of amides is 1. The summed E-state index contributed by atoms with van der Waals surface area (Å²) in [4.78, 5) is 16.3. The van der Waals surface area contributed by atoms with Crippen molar-refractivity contribution in [2.75, 3.05) is 13.1 Å². The SMILES string of the molecule is O=C(C1CC(c2cccs2)NN1)N1CCCCC(c2ccc(F)cc2)C1. The van der Waals surface area contributed by atoms with Crippen LogP contribution in [0.25, 0.3) is 0 Å². The average Bonchev–Trinajstić information content (AvgIpc) is 3.29. The van der Waals surface area contributed by atoms with Gasteiger partial charge < -0.3 is 4.90 Å². The second-order valence-corrected chi connectivity index (χ2v) is 8.15. The van der Waals surface area contributed by atoms with Crippen LogP contribution in [0.1, 0.15) is 48.1 Å². The van der Waals surface area contributed by atoms with E-state index in [9.17, 15) is 9.18 Å². The van der Waals surface area contributed by atoms with Crippen LogP contribution in [0.4, 0.5) is 4.39 Å². The molecule has 1 amide bonds. The number of nitrogens with zero attached hydrogens (tertiary/aromatic N) is 1. The molecule has 1 aromatic heterocycles. The number of halogens is 1. The summed E-state index contributed by atoms with van der Waals surface area (Å²) in [7, 11) is 0. The van der Waals surface area contributed by atoms with Gasteiger partial charge in [-0.1, -0.05) is 24.6 Å². The number of hydrogen-bond donors (Lipinski definition) is 2. The maximum Gasteiger partial charge on any atom is 0.241 e. The van der Waals surface area contributed by atoms with Crippen LogP contribution in [-0.2, 0) is 4.79 Å². The van der Waals surface area contributed by atoms with Crippen molar-refractivity contribution in [3.63, 3.8) is 0 Å². The minimum atomic E-state index is -0.212. The first-order valence-electron chi connectivity index (χ1n) is 9.29. The van der Waals surface area contributed by atoms with E-state index in [2.05, 4.69) is 22.3 Å². The lowest BCUT2D eigenvalue weighted by Gasteiger charge is -2.27. The smallest absolute Gasteiger partial charge is 0.241 e. The Morgan fingerprint density at radius 3 is 2.77 bits per heavy atom. The Morgan fingerprint density at radius 1 is 1.15 bits per heavy atom. The molecule has 4 rings (SSSR count). The van der Waals surface area contributed by atoms with Crippen molar-refractivity contribution in [2.24, 2.45) is 0 Å². The molecular formula is C20H24FN3OS. The minimum Gasteiger partial charge on any atom is -0.341 e. The van der Waals surface area contributed by atoms with Crippen LogP contribution in [-0.4, -0.2) is 29.9 Å². The summed E-state index contributed by atoms with van der Waals surface area (Å²) >= 11 is 1.71. The van der Waals surface area contributed by atoms with Crippen LogP contribution in [0.2, 0.25) is 0 Å². The lowest BCUT2D eigenvalue weighted by molar-refractivity contribution is -0.133. The second-order valence-electron chi connectivity index (χ2n) is 7.17. The molecule has 2 N–H and O–H groups in total. The molecule has 26 heavy (non-hydrogen) atoms. The Labute approximate surface area is 157 Å². The van der Waals surface area contributed by atoms with Gasteiger partial charge in [-0.15, -0.1) is 11.3 Å². The first-order chi connectivity index (χ1) is 12.7. The molecule has 3 atom stereocenters. The van der Waals surface area contributed by atoms with Gasteiger partial charge in [-0.3, -0.25) is 4.79 Å². The maximum absolute atomic E-state index is 13.2. The van der Waals surface area contributed by atoms with Gasteiger partial charge in [0.25, 0.3) is 0 Å². The molecule has 0 radical (unpaired) electrons. The zero-order chi connectivity index (χ0) is 17.9. The molecule has 2 aliphatic heterocycles. The molecule has 4 nitrogen and oxygen atoms in total. The molecule has 138 valence electrons. The Hall–Kier alpha value is -1.76. The van der Waals surface area contributed by atoms with Crippen LogP contribution in [0.15, 0.2) is 41.8 Å². The van der Waals surface area contributed by atoms with E-state index in [0.29, 0.717) is 6.54 Å². The molecule has 3 heterocycles. The van der Waals surface area contributed by atoms with Gasteiger partial charge in [0.1, 0.15) is 11.9 Å². The van der Waals surface area contributed by atoms with Gasteiger partial charge in [0, 0.05) is 23.9 Å². The van der Waals surface area contributed by atoms with Crippen molar-refractivity contribution in [3.8, 4) is 0 Å². The standard InChI is InChI=1S/C20H24FN3OS/c21-16-8-6-14(7-9-16)15-4-1-2-10-24(13-15)20(25)18-12-17(22-23-18)19-5-3-11-26-19/h3,5-9,11,15,17-18,22-23H,1-2,4,10,12-13H2. The highest BCUT2D eigenvalue weighted by Crippen LogP contribution is 2.30. The van der Waals surface area contributed by atoms with Gasteiger partial charge in [-0.2, -0.15) is 0 Å². The Morgan fingerprint density at radius 2 is 2.00 bits per heavy atom. The first kappa shape index (κ1) is 17.6. The fourth-order valence-corrected chi connectivity index (χ4v) is 4.75. The minimum absolute atomic E-state index is 0.172. The summed E-state index contributed by atoms with van der Waals surface area (Å²) in [5.41, 5.74) is 7.58. The van der Waals surface area contributed by atoms with Crippen LogP contribution >= 0.6 is 11.3 Å². The molecule has 0 spiro atoms. The summed E-state index contributed by atoms with van der Waals surface area (Å²) in [6, 6.07) is 10.9. The predicted molar refractivity (Wildman–Crippen MR) is 101 cm³/mol. The normalized spacial score (nSPS) is 26.7. The zero-order valence-corrected chi connectivity index (χ0v) is 15.5. The number of carbonyl (C=O) groups is 1. The molecule has 1 aromatic carbocycles. The first-order valence-corrected chi connectivity index (χ1v) is 10.2. The second kappa shape index (κ2) is 7.86. The maximum atomic E-state index is 13.2. The fourth-order valence-electron chi connectivity index (χ4n) is 3.96. The van der Waals surface area contributed by atoms with E-state index in [0.717, 1.165) is 37.8 Å². The lowest BCUT2D eigenvalue weighted by Crippen LogP contribution is -2.46. The Bertz CT molecular complexity index is 734. The van der Waals surface area contributed by atoms with Crippen molar-refractivity contribution in [3.05, 3.63) is 58.0 Å². The molecular weight excluding hydrogens is 349 g/mol. The molecule has 2 saturated heterocycles. The summed E-state index contributed by atoms with van der Waals surface area (Å²) in [5, 5.41) is 2.06. The van der Waals surface area contributed by atoms with Crippen LogP contribution < -0.4 is 10.9 Å². The third-order valence-corrected chi connectivity index (χ3v) is 6.40. The largest absolute Gasteiger partial charge is 0.341 e. The lowest BCUT2D eigenvalue weighted by atomic mass is 9.94. The highest BCUT2D eigenvalue weighted by Gasteiger charge is 2.34. The Balaban J connectivity index is 1.42.